The van der Waals surface area contributed by atoms with Gasteiger partial charge in [0.1, 0.15) is 11.2 Å². The Labute approximate surface area is 357 Å². The molecule has 0 saturated carbocycles. The van der Waals surface area contributed by atoms with Crippen LogP contribution in [-0.4, -0.2) is 23.6 Å². The van der Waals surface area contributed by atoms with Crippen LogP contribution in [0.2, 0.25) is 0 Å². The van der Waals surface area contributed by atoms with Gasteiger partial charge in [-0.1, -0.05) is 170 Å². The fourth-order valence-electron chi connectivity index (χ4n) is 11.2. The van der Waals surface area contributed by atoms with Crippen LogP contribution in [0.5, 0.6) is 0 Å². The lowest BCUT2D eigenvalue weighted by Crippen LogP contribution is -2.41. The molecule has 294 valence electrons. The van der Waals surface area contributed by atoms with Gasteiger partial charge in [-0.2, -0.15) is 0 Å². The summed E-state index contributed by atoms with van der Waals surface area (Å²) in [6, 6.07) is 38.7. The van der Waals surface area contributed by atoms with Gasteiger partial charge in [-0.25, -0.2) is 0 Å². The lowest BCUT2D eigenvalue weighted by molar-refractivity contribution is 0.00578. The van der Waals surface area contributed by atoms with Crippen LogP contribution in [0, 0.1) is 5.92 Å². The summed E-state index contributed by atoms with van der Waals surface area (Å²) in [5.74, 6) is 1.17. The maximum Gasteiger partial charge on any atom is 0.498 e. The van der Waals surface area contributed by atoms with Crippen molar-refractivity contribution in [3.8, 4) is 11.1 Å². The summed E-state index contributed by atoms with van der Waals surface area (Å²) in [4.78, 5) is 1.42. The number of thioether (sulfide) groups is 1. The van der Waals surface area contributed by atoms with E-state index >= 15 is 0 Å². The summed E-state index contributed by atoms with van der Waals surface area (Å²) in [5.41, 5.74) is 12.3. The molecule has 12 rings (SSSR count). The molecule has 0 spiro atoms. The van der Waals surface area contributed by atoms with Crippen molar-refractivity contribution in [1.29, 1.82) is 0 Å². The van der Waals surface area contributed by atoms with Gasteiger partial charge in [0.15, 0.2) is 0 Å². The third-order valence-electron chi connectivity index (χ3n) is 14.8. The maximum absolute atomic E-state index is 6.91. The predicted molar refractivity (Wildman–Crippen MR) is 248 cm³/mol. The smallest absolute Gasteiger partial charge is 0.456 e. The van der Waals surface area contributed by atoms with Crippen LogP contribution in [0.1, 0.15) is 79.7 Å². The first kappa shape index (κ1) is 36.5. The molecule has 2 aliphatic heterocycles. The van der Waals surface area contributed by atoms with E-state index < -0.39 is 18.3 Å². The average molecular weight is 799 g/mol. The van der Waals surface area contributed by atoms with Gasteiger partial charge in [0, 0.05) is 55.6 Å². The second-order valence-electron chi connectivity index (χ2n) is 18.4. The highest BCUT2D eigenvalue weighted by Gasteiger charge is 2.54. The number of fused-ring (bicyclic) bond motifs is 9. The van der Waals surface area contributed by atoms with Crippen molar-refractivity contribution < 1.29 is 13.7 Å². The van der Waals surface area contributed by atoms with E-state index in [1.54, 1.807) is 0 Å². The minimum atomic E-state index is -0.499. The minimum absolute atomic E-state index is 0.165. The lowest BCUT2D eigenvalue weighted by Gasteiger charge is -2.41. The van der Waals surface area contributed by atoms with Gasteiger partial charge < -0.3 is 13.7 Å². The van der Waals surface area contributed by atoms with E-state index in [9.17, 15) is 0 Å². The molecular formula is C55H47BO3S. The van der Waals surface area contributed by atoms with Gasteiger partial charge >= 0.3 is 7.12 Å². The molecule has 60 heavy (non-hydrogen) atoms. The van der Waals surface area contributed by atoms with Gasteiger partial charge in [0.2, 0.25) is 0 Å². The molecule has 6 aliphatic rings. The lowest BCUT2D eigenvalue weighted by atomic mass is 9.61. The van der Waals surface area contributed by atoms with Crippen LogP contribution in [0.4, 0.5) is 0 Å². The van der Waals surface area contributed by atoms with Gasteiger partial charge in [0.25, 0.3) is 0 Å². The molecule has 0 amide bonds. The second kappa shape index (κ2) is 13.3. The fraction of sp³-hybridized carbons (Fsp3) is 0.236. The van der Waals surface area contributed by atoms with E-state index in [1.807, 2.05) is 11.8 Å². The molecule has 1 saturated heterocycles. The number of rotatable bonds is 5. The number of furan rings is 1. The normalized spacial score (nSPS) is 27.6. The monoisotopic (exact) mass is 798 g/mol. The number of para-hydroxylation sites is 2. The topological polar surface area (TPSA) is 31.6 Å². The summed E-state index contributed by atoms with van der Waals surface area (Å²) in [6.07, 6.45) is 26.8. The van der Waals surface area contributed by atoms with Crippen molar-refractivity contribution in [2.75, 3.05) is 0 Å². The summed E-state index contributed by atoms with van der Waals surface area (Å²) >= 11 is 2.01. The number of allylic oxidation sites excluding steroid dienone is 11. The van der Waals surface area contributed by atoms with Crippen LogP contribution in [0.25, 0.3) is 33.1 Å². The van der Waals surface area contributed by atoms with E-state index in [4.69, 9.17) is 13.7 Å². The molecule has 1 aromatic heterocycles. The summed E-state index contributed by atoms with van der Waals surface area (Å²) in [7, 11) is -0.499. The largest absolute Gasteiger partial charge is 0.498 e. The summed E-state index contributed by atoms with van der Waals surface area (Å²) in [6.45, 7) is 8.39. The molecule has 0 N–H and O–H groups in total. The Hall–Kier alpha value is -5.33. The fourth-order valence-corrected chi connectivity index (χ4v) is 12.6. The van der Waals surface area contributed by atoms with Crippen molar-refractivity contribution >= 4 is 46.3 Å². The third-order valence-corrected chi connectivity index (χ3v) is 16.2. The van der Waals surface area contributed by atoms with Crippen LogP contribution in [0.3, 0.4) is 0 Å². The number of hydrogen-bond acceptors (Lipinski definition) is 4. The molecule has 1 fully saturated rings. The molecule has 6 unspecified atom stereocenters. The molecular weight excluding hydrogens is 751 g/mol. The van der Waals surface area contributed by atoms with Crippen molar-refractivity contribution in [3.63, 3.8) is 0 Å². The van der Waals surface area contributed by atoms with Gasteiger partial charge in [0.05, 0.1) is 16.6 Å². The zero-order valence-corrected chi connectivity index (χ0v) is 35.3. The molecule has 4 aliphatic carbocycles. The van der Waals surface area contributed by atoms with E-state index in [0.29, 0.717) is 17.1 Å². The average Bonchev–Trinajstić information content (AvgIpc) is 4.00. The van der Waals surface area contributed by atoms with Gasteiger partial charge in [-0.3, -0.25) is 0 Å². The molecule has 3 nitrogen and oxygen atoms in total. The van der Waals surface area contributed by atoms with Crippen LogP contribution in [-0.2, 0) is 14.7 Å². The zero-order chi connectivity index (χ0) is 40.4. The van der Waals surface area contributed by atoms with Crippen LogP contribution >= 0.6 is 11.8 Å². The Morgan fingerprint density at radius 2 is 1.30 bits per heavy atom. The zero-order valence-electron chi connectivity index (χ0n) is 34.5. The Balaban J connectivity index is 0.935. The highest BCUT2D eigenvalue weighted by atomic mass is 32.2. The SMILES string of the molecule is CC1(C)OB(c2cccc3c2oc2c(C4C=CC(C5(c6ccc(-c7cccc8c7SC7C=CC=CC87)cc6)c6ccccc6C6C=CC=CC65)=CC4)cccc23)OC1(C)C. The van der Waals surface area contributed by atoms with E-state index in [-0.39, 0.29) is 17.3 Å². The van der Waals surface area contributed by atoms with Crippen molar-refractivity contribution in [2.45, 2.75) is 78.6 Å². The summed E-state index contributed by atoms with van der Waals surface area (Å²) in [5, 5.41) is 2.69. The van der Waals surface area contributed by atoms with Gasteiger partial charge in [-0.05, 0) is 73.1 Å². The Kier molecular flexibility index (Phi) is 8.12. The highest BCUT2D eigenvalue weighted by Crippen LogP contribution is 2.61. The molecule has 0 radical (unpaired) electrons. The Morgan fingerprint density at radius 1 is 0.617 bits per heavy atom. The standard InChI is InChI=1S/C55H47BO3S/c1-53(2)54(3,4)59-56(58-53)48-24-13-20-44-43-19-11-17-38(50(43)57-51(44)48)34-26-30-36(31-27-34)55(46-22-8-5-14-40(46)41-15-6-9-23-47(41)55)37-32-28-35(29-33-37)39-18-12-21-45-42-16-7-10-25-49(42)60-52(39)45/h5-26,28-34,40,42,46,49H,27H2,1-4H3. The Morgan fingerprint density at radius 3 is 2.10 bits per heavy atom. The van der Waals surface area contributed by atoms with Gasteiger partial charge in [-0.15, -0.1) is 11.8 Å². The first-order chi connectivity index (χ1) is 29.2. The number of benzene rings is 5. The molecule has 6 atom stereocenters. The molecule has 0 bridgehead atoms. The van der Waals surface area contributed by atoms with Crippen LogP contribution < -0.4 is 5.46 Å². The van der Waals surface area contributed by atoms with Crippen LogP contribution in [0.15, 0.2) is 185 Å². The number of hydrogen-bond donors (Lipinski definition) is 0. The molecule has 5 aromatic carbocycles. The first-order valence-corrected chi connectivity index (χ1v) is 22.5. The highest BCUT2D eigenvalue weighted by molar-refractivity contribution is 8.00. The molecule has 3 heterocycles. The maximum atomic E-state index is 6.91. The molecule has 5 heteroatoms. The van der Waals surface area contributed by atoms with Crippen molar-refractivity contribution in [3.05, 3.63) is 203 Å². The first-order valence-electron chi connectivity index (χ1n) is 21.6. The van der Waals surface area contributed by atoms with E-state index in [0.717, 1.165) is 33.8 Å². The second-order valence-corrected chi connectivity index (χ2v) is 19.6. The predicted octanol–water partition coefficient (Wildman–Crippen LogP) is 13.0. The van der Waals surface area contributed by atoms with E-state index in [1.165, 1.54) is 49.4 Å². The minimum Gasteiger partial charge on any atom is -0.456 e. The quantitative estimate of drug-likeness (QED) is 0.163. The Bertz CT molecular complexity index is 2920. The molecule has 6 aromatic rings. The van der Waals surface area contributed by atoms with Crippen molar-refractivity contribution in [2.24, 2.45) is 5.92 Å². The van der Waals surface area contributed by atoms with Crippen molar-refractivity contribution in [1.82, 2.24) is 0 Å². The third kappa shape index (κ3) is 5.19. The summed E-state index contributed by atoms with van der Waals surface area (Å²) < 4.78 is 20.0. The van der Waals surface area contributed by atoms with E-state index in [2.05, 4.69) is 198 Å².